The van der Waals surface area contributed by atoms with Gasteiger partial charge in [0.25, 0.3) is 10.2 Å². The minimum absolute atomic E-state index is 0.0629. The molecule has 9 heteroatoms. The van der Waals surface area contributed by atoms with E-state index in [0.717, 1.165) is 25.9 Å². The Morgan fingerprint density at radius 2 is 2.11 bits per heavy atom. The molecule has 0 amide bonds. The van der Waals surface area contributed by atoms with Crippen molar-refractivity contribution in [1.82, 2.24) is 13.9 Å². The zero-order valence-corrected chi connectivity index (χ0v) is 17.4. The summed E-state index contributed by atoms with van der Waals surface area (Å²) in [5, 5.41) is 2.03. The fraction of sp³-hybridized carbons (Fsp3) is 0.722. The number of nitrogens with one attached hydrogen (secondary N) is 1. The molecule has 0 aliphatic carbocycles. The van der Waals surface area contributed by atoms with E-state index in [-0.39, 0.29) is 24.5 Å². The van der Waals surface area contributed by atoms with Crippen LogP contribution in [0.1, 0.15) is 43.5 Å². The number of carbonyl (C=O) groups excluding carboxylic acids is 1. The van der Waals surface area contributed by atoms with Crippen molar-refractivity contribution >= 4 is 27.5 Å². The lowest BCUT2D eigenvalue weighted by Crippen LogP contribution is -2.49. The van der Waals surface area contributed by atoms with Crippen LogP contribution in [0.2, 0.25) is 0 Å². The summed E-state index contributed by atoms with van der Waals surface area (Å²) in [5.41, 5.74) is 0. The maximum atomic E-state index is 12.8. The molecule has 0 aromatic carbocycles. The molecular formula is C18H29N3O4S2. The SMILES string of the molecule is CCOC(=O)[C@@H]1CCCN(S(=O)(=O)NC[C@@H](c2cccs2)N2CCCC2)C1. The number of thiophene rings is 1. The molecule has 0 radical (unpaired) electrons. The van der Waals surface area contributed by atoms with Gasteiger partial charge in [-0.3, -0.25) is 9.69 Å². The third-order valence-electron chi connectivity index (χ3n) is 5.26. The van der Waals surface area contributed by atoms with Crippen molar-refractivity contribution < 1.29 is 17.9 Å². The Morgan fingerprint density at radius 3 is 2.78 bits per heavy atom. The topological polar surface area (TPSA) is 78.9 Å². The third kappa shape index (κ3) is 5.29. The molecule has 1 N–H and O–H groups in total. The highest BCUT2D eigenvalue weighted by Crippen LogP contribution is 2.28. The number of nitrogens with zero attached hydrogens (tertiary/aromatic N) is 2. The molecule has 0 bridgehead atoms. The molecule has 1 aromatic heterocycles. The van der Waals surface area contributed by atoms with Crippen molar-refractivity contribution in [2.75, 3.05) is 39.3 Å². The van der Waals surface area contributed by atoms with Crippen molar-refractivity contribution in [3.05, 3.63) is 22.4 Å². The van der Waals surface area contributed by atoms with E-state index in [2.05, 4.69) is 15.7 Å². The fourth-order valence-corrected chi connectivity index (χ4v) is 5.99. The Bertz CT molecular complexity index is 702. The second-order valence-electron chi connectivity index (χ2n) is 7.08. The number of hydrogen-bond acceptors (Lipinski definition) is 6. The van der Waals surface area contributed by atoms with Gasteiger partial charge in [0.2, 0.25) is 0 Å². The van der Waals surface area contributed by atoms with Crippen LogP contribution >= 0.6 is 11.3 Å². The van der Waals surface area contributed by atoms with Crippen LogP contribution in [0, 0.1) is 5.92 Å². The minimum atomic E-state index is -3.63. The quantitative estimate of drug-likeness (QED) is 0.657. The third-order valence-corrected chi connectivity index (χ3v) is 7.77. The molecule has 2 aliphatic heterocycles. The molecule has 3 heterocycles. The van der Waals surface area contributed by atoms with Gasteiger partial charge >= 0.3 is 5.97 Å². The van der Waals surface area contributed by atoms with E-state index >= 15 is 0 Å². The molecule has 0 saturated carbocycles. The number of piperidine rings is 1. The van der Waals surface area contributed by atoms with Crippen LogP contribution in [0.3, 0.4) is 0 Å². The molecule has 2 saturated heterocycles. The average molecular weight is 416 g/mol. The van der Waals surface area contributed by atoms with Crippen LogP contribution in [0.5, 0.6) is 0 Å². The van der Waals surface area contributed by atoms with Crippen LogP contribution in [0.25, 0.3) is 0 Å². The monoisotopic (exact) mass is 415 g/mol. The van der Waals surface area contributed by atoms with Gasteiger partial charge in [-0.1, -0.05) is 6.07 Å². The lowest BCUT2D eigenvalue weighted by Gasteiger charge is -2.32. The van der Waals surface area contributed by atoms with Crippen molar-refractivity contribution in [2.24, 2.45) is 5.92 Å². The van der Waals surface area contributed by atoms with E-state index in [1.165, 1.54) is 9.18 Å². The zero-order chi connectivity index (χ0) is 19.3. The zero-order valence-electron chi connectivity index (χ0n) is 15.8. The van der Waals surface area contributed by atoms with Crippen LogP contribution in [0.15, 0.2) is 17.5 Å². The first-order chi connectivity index (χ1) is 13.0. The molecule has 1 aromatic rings. The van der Waals surface area contributed by atoms with Gasteiger partial charge in [-0.25, -0.2) is 4.72 Å². The number of esters is 1. The average Bonchev–Trinajstić information content (AvgIpc) is 3.37. The van der Waals surface area contributed by atoms with Crippen LogP contribution in [0.4, 0.5) is 0 Å². The van der Waals surface area contributed by atoms with E-state index < -0.39 is 10.2 Å². The van der Waals surface area contributed by atoms with Crippen molar-refractivity contribution in [2.45, 2.75) is 38.6 Å². The molecular weight excluding hydrogens is 386 g/mol. The number of rotatable bonds is 8. The Kier molecular flexibility index (Phi) is 7.27. The lowest BCUT2D eigenvalue weighted by atomic mass is 10.0. The Morgan fingerprint density at radius 1 is 1.33 bits per heavy atom. The molecule has 2 fully saturated rings. The molecule has 0 spiro atoms. The highest BCUT2D eigenvalue weighted by atomic mass is 32.2. The maximum Gasteiger partial charge on any atom is 0.310 e. The first kappa shape index (κ1) is 20.7. The highest BCUT2D eigenvalue weighted by Gasteiger charge is 2.34. The number of likely N-dealkylation sites (tertiary alicyclic amines) is 1. The smallest absolute Gasteiger partial charge is 0.310 e. The van der Waals surface area contributed by atoms with Crippen LogP contribution in [-0.2, 0) is 19.7 Å². The summed E-state index contributed by atoms with van der Waals surface area (Å²) < 4.78 is 35.0. The molecule has 7 nitrogen and oxygen atoms in total. The fourth-order valence-electron chi connectivity index (χ4n) is 3.83. The van der Waals surface area contributed by atoms with Gasteiger partial charge in [0.05, 0.1) is 18.6 Å². The summed E-state index contributed by atoms with van der Waals surface area (Å²) in [6.07, 6.45) is 3.66. The number of hydrogen-bond donors (Lipinski definition) is 1. The van der Waals surface area contributed by atoms with Gasteiger partial charge in [-0.2, -0.15) is 12.7 Å². The number of ether oxygens (including phenoxy) is 1. The molecule has 2 atom stereocenters. The van der Waals surface area contributed by atoms with Gasteiger partial charge in [0.1, 0.15) is 0 Å². The predicted molar refractivity (Wildman–Crippen MR) is 106 cm³/mol. The Hall–Kier alpha value is -1.00. The molecule has 152 valence electrons. The number of carbonyl (C=O) groups is 1. The van der Waals surface area contributed by atoms with E-state index in [1.54, 1.807) is 18.3 Å². The van der Waals surface area contributed by atoms with Gasteiger partial charge in [-0.15, -0.1) is 11.3 Å². The van der Waals surface area contributed by atoms with Gasteiger partial charge < -0.3 is 4.74 Å². The van der Waals surface area contributed by atoms with E-state index in [9.17, 15) is 13.2 Å². The maximum absolute atomic E-state index is 12.8. The molecule has 27 heavy (non-hydrogen) atoms. The van der Waals surface area contributed by atoms with Crippen molar-refractivity contribution in [3.63, 3.8) is 0 Å². The van der Waals surface area contributed by atoms with Crippen LogP contribution in [-0.4, -0.2) is 62.9 Å². The first-order valence-corrected chi connectivity index (χ1v) is 12.0. The molecule has 3 rings (SSSR count). The summed E-state index contributed by atoms with van der Waals surface area (Å²) >= 11 is 1.66. The lowest BCUT2D eigenvalue weighted by molar-refractivity contribution is -0.149. The summed E-state index contributed by atoms with van der Waals surface area (Å²) in [6, 6.07) is 4.14. The van der Waals surface area contributed by atoms with Crippen molar-refractivity contribution in [3.8, 4) is 0 Å². The van der Waals surface area contributed by atoms with Gasteiger partial charge in [-0.05, 0) is 57.1 Å². The summed E-state index contributed by atoms with van der Waals surface area (Å²) in [7, 11) is -3.63. The van der Waals surface area contributed by atoms with E-state index in [4.69, 9.17) is 4.74 Å². The van der Waals surface area contributed by atoms with Crippen LogP contribution < -0.4 is 4.72 Å². The van der Waals surface area contributed by atoms with Gasteiger partial charge in [0.15, 0.2) is 0 Å². The summed E-state index contributed by atoms with van der Waals surface area (Å²) in [6.45, 7) is 5.07. The molecule has 0 unspecified atom stereocenters. The Labute approximate surface area is 165 Å². The normalized spacial score (nSPS) is 23.4. The first-order valence-electron chi connectivity index (χ1n) is 9.70. The second kappa shape index (κ2) is 9.47. The molecule has 2 aliphatic rings. The van der Waals surface area contributed by atoms with Gasteiger partial charge in [0, 0.05) is 24.5 Å². The highest BCUT2D eigenvalue weighted by molar-refractivity contribution is 7.87. The summed E-state index contributed by atoms with van der Waals surface area (Å²) in [4.78, 5) is 15.5. The minimum Gasteiger partial charge on any atom is -0.466 e. The van der Waals surface area contributed by atoms with E-state index in [0.29, 0.717) is 32.5 Å². The standard InChI is InChI=1S/C18H29N3O4S2/c1-2-25-18(22)15-7-5-11-21(14-15)27(23,24)19-13-16(17-8-6-12-26-17)20-9-3-4-10-20/h6,8,12,15-16,19H,2-5,7,9-11,13-14H2,1H3/t15-,16+/m1/s1. The summed E-state index contributed by atoms with van der Waals surface area (Å²) in [5.74, 6) is -0.673. The Balaban J connectivity index is 1.63. The van der Waals surface area contributed by atoms with E-state index in [1.807, 2.05) is 11.4 Å². The largest absolute Gasteiger partial charge is 0.466 e. The van der Waals surface area contributed by atoms with Crippen molar-refractivity contribution in [1.29, 1.82) is 0 Å². The second-order valence-corrected chi connectivity index (χ2v) is 9.81. The predicted octanol–water partition coefficient (Wildman–Crippen LogP) is 1.99.